The average molecular weight is 313 g/mol. The van der Waals surface area contributed by atoms with Crippen molar-refractivity contribution in [3.8, 4) is 0 Å². The van der Waals surface area contributed by atoms with Gasteiger partial charge in [0.05, 0.1) is 6.10 Å². The first-order chi connectivity index (χ1) is 10.3. The summed E-state index contributed by atoms with van der Waals surface area (Å²) in [7, 11) is 0. The summed E-state index contributed by atoms with van der Waals surface area (Å²) in [5.74, 6) is 1.31. The third-order valence-electron chi connectivity index (χ3n) is 4.36. The first kappa shape index (κ1) is 19.4. The molecule has 4 atom stereocenters. The normalized spacial score (nSPS) is 30.8. The molecule has 1 fully saturated rings. The van der Waals surface area contributed by atoms with E-state index in [1.165, 1.54) is 6.42 Å². The molecule has 130 valence electrons. The molecule has 1 aliphatic rings. The second-order valence-electron chi connectivity index (χ2n) is 7.60. The van der Waals surface area contributed by atoms with E-state index in [4.69, 9.17) is 15.2 Å². The van der Waals surface area contributed by atoms with E-state index < -0.39 is 6.04 Å². The number of cyclic esters (lactones) is 1. The topological polar surface area (TPSA) is 61.6 Å². The minimum absolute atomic E-state index is 0.0181. The van der Waals surface area contributed by atoms with Gasteiger partial charge in [-0.3, -0.25) is 4.79 Å². The number of rotatable bonds is 6. The van der Waals surface area contributed by atoms with E-state index in [0.29, 0.717) is 30.8 Å². The van der Waals surface area contributed by atoms with E-state index >= 15 is 0 Å². The minimum Gasteiger partial charge on any atom is -0.459 e. The Morgan fingerprint density at radius 2 is 1.91 bits per heavy atom. The first-order valence-electron chi connectivity index (χ1n) is 8.88. The number of carbonyl (C=O) groups excluding carboxylic acids is 1. The highest BCUT2D eigenvalue weighted by molar-refractivity contribution is 5.75. The monoisotopic (exact) mass is 313 g/mol. The third kappa shape index (κ3) is 6.66. The van der Waals surface area contributed by atoms with Crippen LogP contribution in [0.1, 0.15) is 66.7 Å². The van der Waals surface area contributed by atoms with Crippen molar-refractivity contribution >= 4 is 5.97 Å². The van der Waals surface area contributed by atoms with Crippen molar-refractivity contribution < 1.29 is 14.3 Å². The van der Waals surface area contributed by atoms with Crippen molar-refractivity contribution in [1.82, 2.24) is 0 Å². The first-order valence-corrected chi connectivity index (χ1v) is 8.88. The zero-order chi connectivity index (χ0) is 16.7. The van der Waals surface area contributed by atoms with Crippen LogP contribution in [0.25, 0.3) is 0 Å². The summed E-state index contributed by atoms with van der Waals surface area (Å²) in [5.41, 5.74) is 5.90. The lowest BCUT2D eigenvalue weighted by molar-refractivity contribution is -0.161. The predicted molar refractivity (Wildman–Crippen MR) is 89.5 cm³/mol. The molecule has 4 unspecified atom stereocenters. The Morgan fingerprint density at radius 1 is 1.23 bits per heavy atom. The van der Waals surface area contributed by atoms with Crippen LogP contribution >= 0.6 is 0 Å². The van der Waals surface area contributed by atoms with E-state index in [0.717, 1.165) is 19.3 Å². The highest BCUT2D eigenvalue weighted by atomic mass is 16.6. The summed E-state index contributed by atoms with van der Waals surface area (Å²) in [6.45, 7) is 11.4. The van der Waals surface area contributed by atoms with Gasteiger partial charge in [-0.1, -0.05) is 40.5 Å². The Morgan fingerprint density at radius 3 is 2.50 bits per heavy atom. The second kappa shape index (κ2) is 9.51. The number of carbonyl (C=O) groups is 1. The highest BCUT2D eigenvalue weighted by Crippen LogP contribution is 2.29. The quantitative estimate of drug-likeness (QED) is 0.762. The van der Waals surface area contributed by atoms with Gasteiger partial charge in [0, 0.05) is 6.61 Å². The van der Waals surface area contributed by atoms with Crippen LogP contribution in [0.4, 0.5) is 0 Å². The Hall–Kier alpha value is -0.610. The van der Waals surface area contributed by atoms with Crippen LogP contribution in [0.5, 0.6) is 0 Å². The maximum absolute atomic E-state index is 12.0. The van der Waals surface area contributed by atoms with Crippen LogP contribution in [-0.4, -0.2) is 30.8 Å². The van der Waals surface area contributed by atoms with E-state index in [-0.39, 0.29) is 18.2 Å². The lowest BCUT2D eigenvalue weighted by Crippen LogP contribution is -2.40. The molecule has 0 bridgehead atoms. The summed E-state index contributed by atoms with van der Waals surface area (Å²) >= 11 is 0. The van der Waals surface area contributed by atoms with E-state index in [1.54, 1.807) is 0 Å². The van der Waals surface area contributed by atoms with Gasteiger partial charge >= 0.3 is 5.97 Å². The maximum Gasteiger partial charge on any atom is 0.323 e. The number of ether oxygens (including phenoxy) is 2. The molecule has 0 aromatic heterocycles. The molecule has 1 aliphatic heterocycles. The fraction of sp³-hybridized carbons (Fsp3) is 0.944. The molecule has 0 amide bonds. The largest absolute Gasteiger partial charge is 0.459 e. The summed E-state index contributed by atoms with van der Waals surface area (Å²) < 4.78 is 11.7. The Kier molecular flexibility index (Phi) is 8.40. The van der Waals surface area contributed by atoms with Gasteiger partial charge in [-0.15, -0.1) is 0 Å². The molecule has 0 aromatic carbocycles. The van der Waals surface area contributed by atoms with Crippen LogP contribution in [0, 0.1) is 17.8 Å². The van der Waals surface area contributed by atoms with Crippen molar-refractivity contribution in [2.75, 3.05) is 6.61 Å². The van der Waals surface area contributed by atoms with Crippen molar-refractivity contribution in [3.63, 3.8) is 0 Å². The zero-order valence-corrected chi connectivity index (χ0v) is 15.0. The Balaban J connectivity index is 2.81. The molecular formula is C18H35NO3. The second-order valence-corrected chi connectivity index (χ2v) is 7.60. The van der Waals surface area contributed by atoms with Crippen LogP contribution in [0.2, 0.25) is 0 Å². The Bertz CT molecular complexity index is 330. The number of esters is 1. The van der Waals surface area contributed by atoms with Crippen LogP contribution in [0.3, 0.4) is 0 Å². The van der Waals surface area contributed by atoms with E-state index in [2.05, 4.69) is 27.7 Å². The molecule has 0 spiro atoms. The molecule has 0 aromatic rings. The van der Waals surface area contributed by atoms with E-state index in [9.17, 15) is 4.79 Å². The van der Waals surface area contributed by atoms with Gasteiger partial charge < -0.3 is 15.2 Å². The number of nitrogens with two attached hydrogens (primary N) is 1. The van der Waals surface area contributed by atoms with Gasteiger partial charge in [0.1, 0.15) is 12.1 Å². The Labute approximate surface area is 136 Å². The smallest absolute Gasteiger partial charge is 0.323 e. The minimum atomic E-state index is -0.489. The van der Waals surface area contributed by atoms with Crippen molar-refractivity contribution in [3.05, 3.63) is 0 Å². The molecule has 4 heteroatoms. The van der Waals surface area contributed by atoms with E-state index in [1.807, 2.05) is 6.92 Å². The molecule has 0 radical (unpaired) electrons. The lowest BCUT2D eigenvalue weighted by atomic mass is 9.86. The van der Waals surface area contributed by atoms with Crippen molar-refractivity contribution in [2.45, 2.75) is 85.0 Å². The lowest BCUT2D eigenvalue weighted by Gasteiger charge is -2.32. The summed E-state index contributed by atoms with van der Waals surface area (Å²) in [6, 6.07) is -0.489. The SMILES string of the molecule is CC(C)CCC1CCCC(N)C(=O)OC(C)C1OCC(C)C. The molecule has 22 heavy (non-hydrogen) atoms. The predicted octanol–water partition coefficient (Wildman–Crippen LogP) is 3.52. The van der Waals surface area contributed by atoms with Crippen LogP contribution in [0.15, 0.2) is 0 Å². The molecule has 2 N–H and O–H groups in total. The van der Waals surface area contributed by atoms with Crippen LogP contribution < -0.4 is 5.73 Å². The summed E-state index contributed by atoms with van der Waals surface area (Å²) in [6.07, 6.45) is 4.79. The van der Waals surface area contributed by atoms with Gasteiger partial charge in [-0.2, -0.15) is 0 Å². The molecule has 1 heterocycles. The maximum atomic E-state index is 12.0. The average Bonchev–Trinajstić information content (AvgIpc) is 2.46. The molecule has 4 nitrogen and oxygen atoms in total. The summed E-state index contributed by atoms with van der Waals surface area (Å²) in [4.78, 5) is 12.0. The van der Waals surface area contributed by atoms with Gasteiger partial charge in [0.15, 0.2) is 0 Å². The van der Waals surface area contributed by atoms with Gasteiger partial charge in [0.25, 0.3) is 0 Å². The third-order valence-corrected chi connectivity index (χ3v) is 4.36. The molecule has 0 aliphatic carbocycles. The molecule has 1 saturated heterocycles. The standard InChI is InChI=1S/C18H35NO3/c1-12(2)9-10-15-7-6-8-16(19)18(20)22-14(5)17(15)21-11-13(3)4/h12-17H,6-11,19H2,1-5H3. The van der Waals surface area contributed by atoms with Gasteiger partial charge in [-0.25, -0.2) is 0 Å². The summed E-state index contributed by atoms with van der Waals surface area (Å²) in [5, 5.41) is 0. The van der Waals surface area contributed by atoms with Crippen LogP contribution in [-0.2, 0) is 14.3 Å². The fourth-order valence-electron chi connectivity index (χ4n) is 3.03. The zero-order valence-electron chi connectivity index (χ0n) is 15.0. The highest BCUT2D eigenvalue weighted by Gasteiger charge is 2.33. The van der Waals surface area contributed by atoms with Gasteiger partial charge in [-0.05, 0) is 43.9 Å². The van der Waals surface area contributed by atoms with Gasteiger partial charge in [0.2, 0.25) is 0 Å². The number of hydrogen-bond acceptors (Lipinski definition) is 4. The molecule has 1 rings (SSSR count). The van der Waals surface area contributed by atoms with Crippen molar-refractivity contribution in [1.29, 1.82) is 0 Å². The fourth-order valence-corrected chi connectivity index (χ4v) is 3.03. The molecular weight excluding hydrogens is 278 g/mol. The van der Waals surface area contributed by atoms with Crippen molar-refractivity contribution in [2.24, 2.45) is 23.5 Å². The molecule has 0 saturated carbocycles. The number of hydrogen-bond donors (Lipinski definition) is 1.